The number of guanidine groups is 1. The average Bonchev–Trinajstić information content (AvgIpc) is 2.85. The molecule has 1 aliphatic heterocycles. The molecule has 3 aliphatic rings. The molecule has 0 saturated heterocycles. The SMILES string of the molecule is C1CCC2NC(NC3CC3)=NC2C1. The summed E-state index contributed by atoms with van der Waals surface area (Å²) in [7, 11) is 0. The predicted molar refractivity (Wildman–Crippen MR) is 52.8 cm³/mol. The van der Waals surface area contributed by atoms with Crippen LogP contribution in [0.4, 0.5) is 0 Å². The molecule has 0 spiro atoms. The zero-order valence-corrected chi connectivity index (χ0v) is 7.92. The summed E-state index contributed by atoms with van der Waals surface area (Å²) in [4.78, 5) is 4.68. The molecular weight excluding hydrogens is 162 g/mol. The lowest BCUT2D eigenvalue weighted by molar-refractivity contribution is 0.384. The highest BCUT2D eigenvalue weighted by Gasteiger charge is 2.32. The Balaban J connectivity index is 1.63. The molecule has 3 rings (SSSR count). The minimum absolute atomic E-state index is 0.579. The van der Waals surface area contributed by atoms with E-state index in [2.05, 4.69) is 15.6 Å². The first-order valence-electron chi connectivity index (χ1n) is 5.53. The van der Waals surface area contributed by atoms with E-state index in [0.717, 1.165) is 12.0 Å². The van der Waals surface area contributed by atoms with E-state index in [1.165, 1.54) is 38.5 Å². The maximum atomic E-state index is 4.68. The zero-order valence-electron chi connectivity index (χ0n) is 7.92. The van der Waals surface area contributed by atoms with Crippen LogP contribution in [-0.4, -0.2) is 24.1 Å². The lowest BCUT2D eigenvalue weighted by Crippen LogP contribution is -2.42. The van der Waals surface area contributed by atoms with Gasteiger partial charge in [0.15, 0.2) is 5.96 Å². The highest BCUT2D eigenvalue weighted by molar-refractivity contribution is 5.82. The molecule has 3 heteroatoms. The Morgan fingerprint density at radius 1 is 1.15 bits per heavy atom. The summed E-state index contributed by atoms with van der Waals surface area (Å²) in [5, 5.41) is 6.95. The number of hydrogen-bond acceptors (Lipinski definition) is 3. The van der Waals surface area contributed by atoms with Crippen LogP contribution < -0.4 is 10.6 Å². The average molecular weight is 179 g/mol. The molecule has 2 fully saturated rings. The predicted octanol–water partition coefficient (Wildman–Crippen LogP) is 1.01. The zero-order chi connectivity index (χ0) is 8.67. The number of aliphatic imine (C=N–C) groups is 1. The van der Waals surface area contributed by atoms with Gasteiger partial charge in [-0.2, -0.15) is 0 Å². The summed E-state index contributed by atoms with van der Waals surface area (Å²) < 4.78 is 0. The summed E-state index contributed by atoms with van der Waals surface area (Å²) in [5.41, 5.74) is 0. The van der Waals surface area contributed by atoms with Crippen molar-refractivity contribution >= 4 is 5.96 Å². The van der Waals surface area contributed by atoms with Crippen molar-refractivity contribution < 1.29 is 0 Å². The highest BCUT2D eigenvalue weighted by Crippen LogP contribution is 2.25. The van der Waals surface area contributed by atoms with Gasteiger partial charge < -0.3 is 10.6 Å². The third-order valence-electron chi connectivity index (χ3n) is 3.26. The molecule has 0 aromatic rings. The second kappa shape index (κ2) is 2.89. The van der Waals surface area contributed by atoms with Gasteiger partial charge in [-0.25, -0.2) is 4.99 Å². The third kappa shape index (κ3) is 1.52. The molecule has 13 heavy (non-hydrogen) atoms. The molecule has 72 valence electrons. The Kier molecular flexibility index (Phi) is 1.70. The fourth-order valence-electron chi connectivity index (χ4n) is 2.31. The number of fused-ring (bicyclic) bond motifs is 1. The second-order valence-corrected chi connectivity index (χ2v) is 4.50. The van der Waals surface area contributed by atoms with E-state index in [-0.39, 0.29) is 0 Å². The van der Waals surface area contributed by atoms with E-state index in [1.54, 1.807) is 0 Å². The Labute approximate surface area is 79.0 Å². The molecule has 0 radical (unpaired) electrons. The molecule has 0 amide bonds. The number of hydrogen-bond donors (Lipinski definition) is 2. The maximum Gasteiger partial charge on any atom is 0.192 e. The Morgan fingerprint density at radius 2 is 2.00 bits per heavy atom. The van der Waals surface area contributed by atoms with Crippen LogP contribution in [0.1, 0.15) is 38.5 Å². The van der Waals surface area contributed by atoms with Crippen molar-refractivity contribution in [3.63, 3.8) is 0 Å². The van der Waals surface area contributed by atoms with Crippen molar-refractivity contribution in [1.29, 1.82) is 0 Å². The van der Waals surface area contributed by atoms with Gasteiger partial charge in [-0.05, 0) is 25.7 Å². The van der Waals surface area contributed by atoms with Gasteiger partial charge in [0, 0.05) is 6.04 Å². The van der Waals surface area contributed by atoms with E-state index < -0.39 is 0 Å². The molecule has 0 aromatic carbocycles. The first-order chi connectivity index (χ1) is 6.42. The number of rotatable bonds is 1. The van der Waals surface area contributed by atoms with Gasteiger partial charge in [-0.3, -0.25) is 0 Å². The van der Waals surface area contributed by atoms with Crippen molar-refractivity contribution in [3.05, 3.63) is 0 Å². The topological polar surface area (TPSA) is 36.4 Å². The van der Waals surface area contributed by atoms with Crippen LogP contribution in [0.15, 0.2) is 4.99 Å². The van der Waals surface area contributed by atoms with Crippen molar-refractivity contribution in [1.82, 2.24) is 10.6 Å². The molecule has 2 aliphatic carbocycles. The molecule has 2 saturated carbocycles. The third-order valence-corrected chi connectivity index (χ3v) is 3.26. The molecule has 0 aromatic heterocycles. The van der Waals surface area contributed by atoms with Crippen LogP contribution in [-0.2, 0) is 0 Å². The van der Waals surface area contributed by atoms with Crippen molar-refractivity contribution in [2.75, 3.05) is 0 Å². The molecule has 2 unspecified atom stereocenters. The maximum absolute atomic E-state index is 4.68. The Morgan fingerprint density at radius 3 is 2.77 bits per heavy atom. The Bertz CT molecular complexity index is 232. The molecule has 3 nitrogen and oxygen atoms in total. The van der Waals surface area contributed by atoms with Gasteiger partial charge in [-0.1, -0.05) is 12.8 Å². The standard InChI is InChI=1S/C10H17N3/c1-2-4-9-8(3-1)12-10(13-9)11-7-5-6-7/h7-9H,1-6H2,(H2,11,12,13). The molecule has 2 N–H and O–H groups in total. The first kappa shape index (κ1) is 7.65. The van der Waals surface area contributed by atoms with Crippen molar-refractivity contribution in [3.8, 4) is 0 Å². The van der Waals surface area contributed by atoms with Gasteiger partial charge in [-0.15, -0.1) is 0 Å². The van der Waals surface area contributed by atoms with Crippen molar-refractivity contribution in [2.24, 2.45) is 4.99 Å². The van der Waals surface area contributed by atoms with Crippen LogP contribution in [0.5, 0.6) is 0 Å². The smallest absolute Gasteiger partial charge is 0.192 e. The number of nitrogens with zero attached hydrogens (tertiary/aromatic N) is 1. The summed E-state index contributed by atoms with van der Waals surface area (Å²) in [5.74, 6) is 1.08. The normalized spacial score (nSPS) is 37.7. The van der Waals surface area contributed by atoms with E-state index in [4.69, 9.17) is 0 Å². The van der Waals surface area contributed by atoms with Gasteiger partial charge in [0.2, 0.25) is 0 Å². The van der Waals surface area contributed by atoms with Crippen LogP contribution in [0.25, 0.3) is 0 Å². The minimum Gasteiger partial charge on any atom is -0.354 e. The lowest BCUT2D eigenvalue weighted by atomic mass is 9.92. The summed E-state index contributed by atoms with van der Waals surface area (Å²) >= 11 is 0. The second-order valence-electron chi connectivity index (χ2n) is 4.50. The lowest BCUT2D eigenvalue weighted by Gasteiger charge is -2.23. The van der Waals surface area contributed by atoms with Gasteiger partial charge in [0.05, 0.1) is 12.1 Å². The fourth-order valence-corrected chi connectivity index (χ4v) is 2.31. The van der Waals surface area contributed by atoms with Crippen LogP contribution >= 0.6 is 0 Å². The van der Waals surface area contributed by atoms with Gasteiger partial charge >= 0.3 is 0 Å². The summed E-state index contributed by atoms with van der Waals surface area (Å²) in [6.45, 7) is 0. The monoisotopic (exact) mass is 179 g/mol. The number of nitrogens with one attached hydrogen (secondary N) is 2. The van der Waals surface area contributed by atoms with Crippen LogP contribution in [0.3, 0.4) is 0 Å². The van der Waals surface area contributed by atoms with E-state index >= 15 is 0 Å². The first-order valence-corrected chi connectivity index (χ1v) is 5.53. The minimum atomic E-state index is 0.579. The van der Waals surface area contributed by atoms with Crippen LogP contribution in [0.2, 0.25) is 0 Å². The fraction of sp³-hybridized carbons (Fsp3) is 0.900. The van der Waals surface area contributed by atoms with Gasteiger partial charge in [0.25, 0.3) is 0 Å². The van der Waals surface area contributed by atoms with E-state index in [1.807, 2.05) is 0 Å². The highest BCUT2D eigenvalue weighted by atomic mass is 15.3. The van der Waals surface area contributed by atoms with Crippen LogP contribution in [0, 0.1) is 0 Å². The summed E-state index contributed by atoms with van der Waals surface area (Å²) in [6, 6.07) is 1.96. The summed E-state index contributed by atoms with van der Waals surface area (Å²) in [6.07, 6.45) is 7.99. The van der Waals surface area contributed by atoms with Gasteiger partial charge in [0.1, 0.15) is 0 Å². The largest absolute Gasteiger partial charge is 0.354 e. The molecule has 1 heterocycles. The van der Waals surface area contributed by atoms with Crippen molar-refractivity contribution in [2.45, 2.75) is 56.7 Å². The quantitative estimate of drug-likeness (QED) is 0.630. The van der Waals surface area contributed by atoms with E-state index in [0.29, 0.717) is 12.1 Å². The van der Waals surface area contributed by atoms with E-state index in [9.17, 15) is 0 Å². The molecule has 0 bridgehead atoms. The molecule has 2 atom stereocenters. The molecular formula is C10H17N3. The Hall–Kier alpha value is -0.730.